The van der Waals surface area contributed by atoms with Gasteiger partial charge in [0.25, 0.3) is 0 Å². The third-order valence-electron chi connectivity index (χ3n) is 3.44. The van der Waals surface area contributed by atoms with E-state index in [0.29, 0.717) is 6.04 Å². The molecule has 2 rings (SSSR count). The molecular weight excluding hydrogens is 200 g/mol. The molecular formula is C13H20N2O. The summed E-state index contributed by atoms with van der Waals surface area (Å²) in [5.41, 5.74) is 1.26. The van der Waals surface area contributed by atoms with Crippen LogP contribution >= 0.6 is 0 Å². The molecule has 0 amide bonds. The summed E-state index contributed by atoms with van der Waals surface area (Å²) in [7, 11) is 2.10. The van der Waals surface area contributed by atoms with Crippen LogP contribution in [0, 0.1) is 0 Å². The number of pyridine rings is 1. The van der Waals surface area contributed by atoms with Crippen LogP contribution in [0.15, 0.2) is 24.5 Å². The molecule has 0 aromatic carbocycles. The van der Waals surface area contributed by atoms with Crippen LogP contribution in [0.1, 0.15) is 31.2 Å². The summed E-state index contributed by atoms with van der Waals surface area (Å²) in [6.45, 7) is 0.893. The Kier molecular flexibility index (Phi) is 3.91. The molecule has 1 saturated carbocycles. The van der Waals surface area contributed by atoms with Crippen molar-refractivity contribution >= 4 is 0 Å². The van der Waals surface area contributed by atoms with Crippen LogP contribution in [0.4, 0.5) is 0 Å². The highest BCUT2D eigenvalue weighted by molar-refractivity contribution is 5.09. The van der Waals surface area contributed by atoms with Crippen molar-refractivity contribution in [2.24, 2.45) is 0 Å². The fourth-order valence-electron chi connectivity index (χ4n) is 2.50. The summed E-state index contributed by atoms with van der Waals surface area (Å²) in [6.07, 6.45) is 7.96. The molecule has 1 aliphatic carbocycles. The topological polar surface area (TPSA) is 36.4 Å². The van der Waals surface area contributed by atoms with Gasteiger partial charge in [-0.2, -0.15) is 0 Å². The Morgan fingerprint density at radius 1 is 1.31 bits per heavy atom. The Morgan fingerprint density at radius 2 is 2.00 bits per heavy atom. The standard InChI is InChI=1S/C13H20N2O/c1-15(10-11-6-8-14-9-7-11)12-4-2-3-5-13(12)16/h6-9,12-13,16H,2-5,10H2,1H3/t12-,13-/m0/s1. The van der Waals surface area contributed by atoms with E-state index >= 15 is 0 Å². The van der Waals surface area contributed by atoms with Gasteiger partial charge in [0.2, 0.25) is 0 Å². The molecule has 1 aromatic rings. The van der Waals surface area contributed by atoms with E-state index in [1.165, 1.54) is 18.4 Å². The second-order valence-corrected chi connectivity index (χ2v) is 4.69. The average Bonchev–Trinajstić information content (AvgIpc) is 2.31. The molecule has 0 saturated heterocycles. The Bertz CT molecular complexity index is 315. The fourth-order valence-corrected chi connectivity index (χ4v) is 2.50. The maximum atomic E-state index is 9.96. The zero-order valence-electron chi connectivity index (χ0n) is 9.84. The van der Waals surface area contributed by atoms with Gasteiger partial charge in [0.15, 0.2) is 0 Å². The van der Waals surface area contributed by atoms with E-state index in [9.17, 15) is 5.11 Å². The highest BCUT2D eigenvalue weighted by Crippen LogP contribution is 2.23. The lowest BCUT2D eigenvalue weighted by Gasteiger charge is -2.35. The summed E-state index contributed by atoms with van der Waals surface area (Å²) in [5.74, 6) is 0. The highest BCUT2D eigenvalue weighted by Gasteiger charge is 2.26. The van der Waals surface area contributed by atoms with Gasteiger partial charge in [-0.1, -0.05) is 12.8 Å². The Hall–Kier alpha value is -0.930. The van der Waals surface area contributed by atoms with Gasteiger partial charge in [-0.15, -0.1) is 0 Å². The van der Waals surface area contributed by atoms with Crippen molar-refractivity contribution in [3.63, 3.8) is 0 Å². The maximum absolute atomic E-state index is 9.96. The van der Waals surface area contributed by atoms with E-state index < -0.39 is 0 Å². The van der Waals surface area contributed by atoms with Gasteiger partial charge in [0, 0.05) is 25.0 Å². The van der Waals surface area contributed by atoms with Gasteiger partial charge in [0.05, 0.1) is 6.10 Å². The van der Waals surface area contributed by atoms with Crippen LogP contribution in [0.25, 0.3) is 0 Å². The van der Waals surface area contributed by atoms with Crippen molar-refractivity contribution in [3.05, 3.63) is 30.1 Å². The highest BCUT2D eigenvalue weighted by atomic mass is 16.3. The van der Waals surface area contributed by atoms with Crippen molar-refractivity contribution in [2.45, 2.75) is 44.4 Å². The van der Waals surface area contributed by atoms with Crippen molar-refractivity contribution < 1.29 is 5.11 Å². The van der Waals surface area contributed by atoms with Crippen LogP contribution in [0.5, 0.6) is 0 Å². The number of nitrogens with zero attached hydrogens (tertiary/aromatic N) is 2. The number of rotatable bonds is 3. The van der Waals surface area contributed by atoms with Crippen molar-refractivity contribution in [1.82, 2.24) is 9.88 Å². The average molecular weight is 220 g/mol. The number of hydrogen-bond donors (Lipinski definition) is 1. The summed E-state index contributed by atoms with van der Waals surface area (Å²) >= 11 is 0. The molecule has 0 radical (unpaired) electrons. The zero-order valence-corrected chi connectivity index (χ0v) is 9.84. The zero-order chi connectivity index (χ0) is 11.4. The van der Waals surface area contributed by atoms with E-state index in [0.717, 1.165) is 19.4 Å². The van der Waals surface area contributed by atoms with E-state index in [1.807, 2.05) is 24.5 Å². The third-order valence-corrected chi connectivity index (χ3v) is 3.44. The van der Waals surface area contributed by atoms with Gasteiger partial charge in [-0.05, 0) is 37.6 Å². The molecule has 0 spiro atoms. The van der Waals surface area contributed by atoms with Crippen molar-refractivity contribution in [1.29, 1.82) is 0 Å². The Morgan fingerprint density at radius 3 is 2.69 bits per heavy atom. The van der Waals surface area contributed by atoms with Gasteiger partial charge in [-0.3, -0.25) is 9.88 Å². The Balaban J connectivity index is 1.94. The molecule has 0 aliphatic heterocycles. The minimum Gasteiger partial charge on any atom is -0.391 e. The SMILES string of the molecule is CN(Cc1ccncc1)[C@H]1CCCC[C@@H]1O. The first-order valence-electron chi connectivity index (χ1n) is 6.04. The normalized spacial score (nSPS) is 25.9. The Labute approximate surface area is 97.1 Å². The molecule has 1 aliphatic rings. The summed E-state index contributed by atoms with van der Waals surface area (Å²) in [5, 5.41) is 9.96. The molecule has 0 bridgehead atoms. The lowest BCUT2D eigenvalue weighted by molar-refractivity contribution is 0.0288. The van der Waals surface area contributed by atoms with Crippen molar-refractivity contribution in [3.8, 4) is 0 Å². The van der Waals surface area contributed by atoms with E-state index in [1.54, 1.807) is 0 Å². The lowest BCUT2D eigenvalue weighted by Crippen LogP contribution is -2.42. The number of aromatic nitrogens is 1. The molecule has 1 fully saturated rings. The summed E-state index contributed by atoms with van der Waals surface area (Å²) in [4.78, 5) is 6.28. The summed E-state index contributed by atoms with van der Waals surface area (Å²) < 4.78 is 0. The minimum absolute atomic E-state index is 0.152. The number of aliphatic hydroxyl groups excluding tert-OH is 1. The molecule has 2 atom stereocenters. The first-order valence-corrected chi connectivity index (χ1v) is 6.04. The van der Waals surface area contributed by atoms with Crippen LogP contribution in [-0.2, 0) is 6.54 Å². The van der Waals surface area contributed by atoms with E-state index in [2.05, 4.69) is 16.9 Å². The second-order valence-electron chi connectivity index (χ2n) is 4.69. The second kappa shape index (κ2) is 5.41. The smallest absolute Gasteiger partial charge is 0.0695 e. The molecule has 3 heteroatoms. The molecule has 0 unspecified atom stereocenters. The van der Waals surface area contributed by atoms with Gasteiger partial charge in [0.1, 0.15) is 0 Å². The van der Waals surface area contributed by atoms with E-state index in [4.69, 9.17) is 0 Å². The first-order chi connectivity index (χ1) is 7.77. The lowest BCUT2D eigenvalue weighted by atomic mass is 9.91. The molecule has 1 heterocycles. The fraction of sp³-hybridized carbons (Fsp3) is 0.615. The molecule has 88 valence electrons. The summed E-state index contributed by atoms with van der Waals surface area (Å²) in [6, 6.07) is 4.39. The first kappa shape index (κ1) is 11.6. The minimum atomic E-state index is -0.152. The predicted molar refractivity (Wildman–Crippen MR) is 64.0 cm³/mol. The van der Waals surface area contributed by atoms with Gasteiger partial charge in [-0.25, -0.2) is 0 Å². The van der Waals surface area contributed by atoms with Crippen LogP contribution in [-0.4, -0.2) is 34.2 Å². The van der Waals surface area contributed by atoms with Crippen molar-refractivity contribution in [2.75, 3.05) is 7.05 Å². The van der Waals surface area contributed by atoms with E-state index in [-0.39, 0.29) is 6.10 Å². The third kappa shape index (κ3) is 2.80. The predicted octanol–water partition coefficient (Wildman–Crippen LogP) is 1.82. The van der Waals surface area contributed by atoms with Crippen LogP contribution < -0.4 is 0 Å². The maximum Gasteiger partial charge on any atom is 0.0695 e. The molecule has 16 heavy (non-hydrogen) atoms. The number of hydrogen-bond acceptors (Lipinski definition) is 3. The van der Waals surface area contributed by atoms with Crippen LogP contribution in [0.2, 0.25) is 0 Å². The quantitative estimate of drug-likeness (QED) is 0.844. The number of likely N-dealkylation sites (N-methyl/N-ethyl adjacent to an activating group) is 1. The molecule has 1 N–H and O–H groups in total. The molecule has 3 nitrogen and oxygen atoms in total. The monoisotopic (exact) mass is 220 g/mol. The van der Waals surface area contributed by atoms with Gasteiger partial charge < -0.3 is 5.11 Å². The van der Waals surface area contributed by atoms with Gasteiger partial charge >= 0.3 is 0 Å². The largest absolute Gasteiger partial charge is 0.391 e. The van der Waals surface area contributed by atoms with Crippen LogP contribution in [0.3, 0.4) is 0 Å². The number of aliphatic hydroxyl groups is 1. The molecule has 1 aromatic heterocycles.